The fourth-order valence-corrected chi connectivity index (χ4v) is 2.32. The van der Waals surface area contributed by atoms with E-state index in [1.54, 1.807) is 0 Å². The number of halogens is 1. The Hall–Kier alpha value is -0.600. The summed E-state index contributed by atoms with van der Waals surface area (Å²) < 4.78 is 1.07. The van der Waals surface area contributed by atoms with Crippen LogP contribution in [-0.4, -0.2) is 11.2 Å². The molecule has 0 saturated heterocycles. The van der Waals surface area contributed by atoms with Crippen LogP contribution in [0.25, 0.3) is 0 Å². The first-order chi connectivity index (χ1) is 6.68. The standard InChI is InChI=1S/C12H13BrO/c1-8-2-7-11(14)12(8)9-3-5-10(13)6-4-9/h3-6,11-12,14H,1-2,7H2. The summed E-state index contributed by atoms with van der Waals surface area (Å²) in [5, 5.41) is 9.81. The van der Waals surface area contributed by atoms with Gasteiger partial charge in [-0.1, -0.05) is 40.2 Å². The largest absolute Gasteiger partial charge is 0.392 e. The minimum Gasteiger partial charge on any atom is -0.392 e. The van der Waals surface area contributed by atoms with E-state index in [2.05, 4.69) is 34.6 Å². The molecule has 1 aliphatic rings. The van der Waals surface area contributed by atoms with E-state index in [9.17, 15) is 5.11 Å². The van der Waals surface area contributed by atoms with Gasteiger partial charge in [0.1, 0.15) is 0 Å². The summed E-state index contributed by atoms with van der Waals surface area (Å²) in [6.45, 7) is 4.01. The topological polar surface area (TPSA) is 20.2 Å². The van der Waals surface area contributed by atoms with Crippen LogP contribution in [0.15, 0.2) is 40.9 Å². The van der Waals surface area contributed by atoms with Gasteiger partial charge < -0.3 is 5.11 Å². The molecule has 0 aromatic heterocycles. The highest BCUT2D eigenvalue weighted by molar-refractivity contribution is 9.10. The van der Waals surface area contributed by atoms with Gasteiger partial charge in [0.2, 0.25) is 0 Å². The lowest BCUT2D eigenvalue weighted by Gasteiger charge is -2.16. The van der Waals surface area contributed by atoms with Gasteiger partial charge in [-0.2, -0.15) is 0 Å². The fraction of sp³-hybridized carbons (Fsp3) is 0.333. The van der Waals surface area contributed by atoms with Crippen LogP contribution in [-0.2, 0) is 0 Å². The van der Waals surface area contributed by atoms with Crippen LogP contribution in [0.4, 0.5) is 0 Å². The lowest BCUT2D eigenvalue weighted by Crippen LogP contribution is -2.11. The van der Waals surface area contributed by atoms with Gasteiger partial charge in [-0.05, 0) is 30.5 Å². The minimum atomic E-state index is -0.247. The predicted octanol–water partition coefficient (Wildman–Crippen LogP) is 3.24. The molecular weight excluding hydrogens is 240 g/mol. The summed E-state index contributed by atoms with van der Waals surface area (Å²) >= 11 is 3.40. The van der Waals surface area contributed by atoms with Gasteiger partial charge in [-0.25, -0.2) is 0 Å². The van der Waals surface area contributed by atoms with Gasteiger partial charge >= 0.3 is 0 Å². The van der Waals surface area contributed by atoms with E-state index in [1.165, 1.54) is 5.56 Å². The SMILES string of the molecule is C=C1CCC(O)C1c1ccc(Br)cc1. The molecule has 1 N–H and O–H groups in total. The maximum atomic E-state index is 9.81. The fourth-order valence-electron chi connectivity index (χ4n) is 2.06. The number of hydrogen-bond donors (Lipinski definition) is 1. The van der Waals surface area contributed by atoms with E-state index in [4.69, 9.17) is 0 Å². The van der Waals surface area contributed by atoms with Gasteiger partial charge in [0.15, 0.2) is 0 Å². The second-order valence-corrected chi connectivity index (χ2v) is 4.71. The maximum Gasteiger partial charge on any atom is 0.0649 e. The highest BCUT2D eigenvalue weighted by Gasteiger charge is 2.29. The first kappa shape index (κ1) is 9.94. The zero-order valence-corrected chi connectivity index (χ0v) is 9.50. The van der Waals surface area contributed by atoms with Crippen LogP contribution in [0.3, 0.4) is 0 Å². The molecular formula is C12H13BrO. The van der Waals surface area contributed by atoms with Crippen molar-refractivity contribution < 1.29 is 5.11 Å². The average Bonchev–Trinajstić information content (AvgIpc) is 2.49. The molecule has 0 amide bonds. The third kappa shape index (κ3) is 1.77. The molecule has 14 heavy (non-hydrogen) atoms. The first-order valence-corrected chi connectivity index (χ1v) is 5.59. The Balaban J connectivity index is 2.30. The number of benzene rings is 1. The van der Waals surface area contributed by atoms with Crippen LogP contribution in [0.1, 0.15) is 24.3 Å². The zero-order chi connectivity index (χ0) is 10.1. The molecule has 0 spiro atoms. The normalized spacial score (nSPS) is 26.9. The molecule has 2 atom stereocenters. The van der Waals surface area contributed by atoms with Crippen molar-refractivity contribution in [2.75, 3.05) is 0 Å². The molecule has 0 heterocycles. The van der Waals surface area contributed by atoms with Crippen LogP contribution >= 0.6 is 15.9 Å². The van der Waals surface area contributed by atoms with Crippen molar-refractivity contribution in [2.45, 2.75) is 24.9 Å². The molecule has 1 fully saturated rings. The highest BCUT2D eigenvalue weighted by Crippen LogP contribution is 2.38. The molecule has 1 aromatic carbocycles. The van der Waals surface area contributed by atoms with E-state index in [0.717, 1.165) is 22.9 Å². The van der Waals surface area contributed by atoms with Crippen molar-refractivity contribution in [3.8, 4) is 0 Å². The number of hydrogen-bond acceptors (Lipinski definition) is 1. The minimum absolute atomic E-state index is 0.142. The molecule has 2 unspecified atom stereocenters. The second-order valence-electron chi connectivity index (χ2n) is 3.79. The van der Waals surface area contributed by atoms with Crippen LogP contribution < -0.4 is 0 Å². The Morgan fingerprint density at radius 3 is 2.43 bits per heavy atom. The number of aliphatic hydroxyl groups is 1. The van der Waals surface area contributed by atoms with E-state index in [1.807, 2.05) is 12.1 Å². The van der Waals surface area contributed by atoms with Crippen molar-refractivity contribution in [2.24, 2.45) is 0 Å². The second kappa shape index (κ2) is 3.87. The van der Waals surface area contributed by atoms with Gasteiger partial charge in [0.25, 0.3) is 0 Å². The highest BCUT2D eigenvalue weighted by atomic mass is 79.9. The number of rotatable bonds is 1. The molecule has 0 aliphatic heterocycles. The van der Waals surface area contributed by atoms with E-state index < -0.39 is 0 Å². The van der Waals surface area contributed by atoms with E-state index in [-0.39, 0.29) is 12.0 Å². The Labute approximate surface area is 92.6 Å². The maximum absolute atomic E-state index is 9.81. The third-order valence-corrected chi connectivity index (χ3v) is 3.34. The third-order valence-electron chi connectivity index (χ3n) is 2.81. The summed E-state index contributed by atoms with van der Waals surface area (Å²) in [6, 6.07) is 8.12. The van der Waals surface area contributed by atoms with Gasteiger partial charge in [0.05, 0.1) is 6.10 Å². The molecule has 1 nitrogen and oxygen atoms in total. The Kier molecular flexibility index (Phi) is 2.75. The van der Waals surface area contributed by atoms with Gasteiger partial charge in [0, 0.05) is 10.4 Å². The first-order valence-electron chi connectivity index (χ1n) is 4.79. The Bertz CT molecular complexity index is 342. The van der Waals surface area contributed by atoms with Crippen molar-refractivity contribution in [3.63, 3.8) is 0 Å². The molecule has 0 bridgehead atoms. The van der Waals surface area contributed by atoms with Crippen molar-refractivity contribution in [3.05, 3.63) is 46.5 Å². The lowest BCUT2D eigenvalue weighted by atomic mass is 9.93. The lowest BCUT2D eigenvalue weighted by molar-refractivity contribution is 0.169. The summed E-state index contributed by atoms with van der Waals surface area (Å²) in [5.74, 6) is 0.142. The Morgan fingerprint density at radius 1 is 1.29 bits per heavy atom. The summed E-state index contributed by atoms with van der Waals surface area (Å²) in [6.07, 6.45) is 1.55. The average molecular weight is 253 g/mol. The van der Waals surface area contributed by atoms with Crippen LogP contribution in [0.2, 0.25) is 0 Å². The van der Waals surface area contributed by atoms with Gasteiger partial charge in [-0.3, -0.25) is 0 Å². The molecule has 1 aliphatic carbocycles. The van der Waals surface area contributed by atoms with E-state index >= 15 is 0 Å². The smallest absolute Gasteiger partial charge is 0.0649 e. The molecule has 1 aromatic rings. The summed E-state index contributed by atoms with van der Waals surface area (Å²) in [7, 11) is 0. The van der Waals surface area contributed by atoms with Crippen LogP contribution in [0, 0.1) is 0 Å². The summed E-state index contributed by atoms with van der Waals surface area (Å²) in [5.41, 5.74) is 2.32. The van der Waals surface area contributed by atoms with Crippen molar-refractivity contribution in [1.82, 2.24) is 0 Å². The van der Waals surface area contributed by atoms with Crippen molar-refractivity contribution >= 4 is 15.9 Å². The predicted molar refractivity (Wildman–Crippen MR) is 61.3 cm³/mol. The summed E-state index contributed by atoms with van der Waals surface area (Å²) in [4.78, 5) is 0. The molecule has 1 saturated carbocycles. The molecule has 74 valence electrons. The zero-order valence-electron chi connectivity index (χ0n) is 7.91. The monoisotopic (exact) mass is 252 g/mol. The van der Waals surface area contributed by atoms with Gasteiger partial charge in [-0.15, -0.1) is 0 Å². The Morgan fingerprint density at radius 2 is 1.93 bits per heavy atom. The molecule has 2 rings (SSSR count). The van der Waals surface area contributed by atoms with E-state index in [0.29, 0.717) is 0 Å². The van der Waals surface area contributed by atoms with Crippen molar-refractivity contribution in [1.29, 1.82) is 0 Å². The molecule has 2 heteroatoms. The van der Waals surface area contributed by atoms with Crippen LogP contribution in [0.5, 0.6) is 0 Å². The number of aliphatic hydroxyl groups excluding tert-OH is 1. The quantitative estimate of drug-likeness (QED) is 0.762. The molecule has 0 radical (unpaired) electrons.